The van der Waals surface area contributed by atoms with Crippen molar-refractivity contribution in [3.8, 4) is 0 Å². The van der Waals surface area contributed by atoms with Crippen molar-refractivity contribution in [1.82, 2.24) is 9.97 Å². The molecule has 0 aliphatic heterocycles. The highest BCUT2D eigenvalue weighted by atomic mass is 19.1. The third-order valence-corrected chi connectivity index (χ3v) is 1.94. The van der Waals surface area contributed by atoms with Gasteiger partial charge in [-0.05, 0) is 19.8 Å². The minimum atomic E-state index is -0.528. The van der Waals surface area contributed by atoms with E-state index in [-0.39, 0.29) is 24.4 Å². The molecule has 6 heteroatoms. The molecule has 1 unspecified atom stereocenters. The summed E-state index contributed by atoms with van der Waals surface area (Å²) in [4.78, 5) is 7.26. The smallest absolute Gasteiger partial charge is 0.222 e. The molecule has 0 spiro atoms. The first-order valence-corrected chi connectivity index (χ1v) is 4.79. The van der Waals surface area contributed by atoms with Gasteiger partial charge in [-0.3, -0.25) is 0 Å². The third-order valence-electron chi connectivity index (χ3n) is 1.94. The highest BCUT2D eigenvalue weighted by molar-refractivity contribution is 5.39. The number of halogens is 1. The Bertz CT molecular complexity index is 321. The maximum Gasteiger partial charge on any atom is 0.222 e. The van der Waals surface area contributed by atoms with Gasteiger partial charge in [-0.25, -0.2) is 9.37 Å². The van der Waals surface area contributed by atoms with Crippen LogP contribution in [0.15, 0.2) is 6.20 Å². The zero-order chi connectivity index (χ0) is 11.3. The molecule has 1 atom stereocenters. The van der Waals surface area contributed by atoms with Crippen LogP contribution in [-0.4, -0.2) is 27.7 Å². The van der Waals surface area contributed by atoms with Crippen molar-refractivity contribution in [2.75, 3.05) is 17.7 Å². The van der Waals surface area contributed by atoms with Crippen LogP contribution in [-0.2, 0) is 0 Å². The average Bonchev–Trinajstić information content (AvgIpc) is 2.20. The Hall–Kier alpha value is -1.43. The summed E-state index contributed by atoms with van der Waals surface area (Å²) < 4.78 is 13.2. The maximum atomic E-state index is 13.2. The van der Waals surface area contributed by atoms with E-state index < -0.39 is 5.82 Å². The molecule has 0 aliphatic rings. The molecule has 5 nitrogen and oxygen atoms in total. The second-order valence-corrected chi connectivity index (χ2v) is 3.34. The summed E-state index contributed by atoms with van der Waals surface area (Å²) in [5.74, 6) is -0.388. The summed E-state index contributed by atoms with van der Waals surface area (Å²) in [6.07, 6.45) is 2.43. The van der Waals surface area contributed by atoms with Crippen LogP contribution < -0.4 is 11.1 Å². The largest absolute Gasteiger partial charge is 0.396 e. The first-order chi connectivity index (χ1) is 7.13. The van der Waals surface area contributed by atoms with Crippen molar-refractivity contribution < 1.29 is 9.50 Å². The summed E-state index contributed by atoms with van der Waals surface area (Å²) in [6, 6.07) is 0.0287. The topological polar surface area (TPSA) is 84.1 Å². The normalized spacial score (nSPS) is 12.5. The van der Waals surface area contributed by atoms with Crippen LogP contribution in [0.1, 0.15) is 19.8 Å². The van der Waals surface area contributed by atoms with Crippen molar-refractivity contribution >= 4 is 11.8 Å². The van der Waals surface area contributed by atoms with Gasteiger partial charge in [0.2, 0.25) is 5.95 Å². The number of anilines is 2. The van der Waals surface area contributed by atoms with Gasteiger partial charge >= 0.3 is 0 Å². The molecule has 0 aliphatic carbocycles. The number of nitrogen functional groups attached to an aromatic ring is 1. The zero-order valence-corrected chi connectivity index (χ0v) is 8.57. The Balaban J connectivity index is 2.59. The molecular weight excluding hydrogens is 199 g/mol. The molecule has 0 radical (unpaired) electrons. The second-order valence-electron chi connectivity index (χ2n) is 3.34. The lowest BCUT2D eigenvalue weighted by molar-refractivity contribution is 0.282. The zero-order valence-electron chi connectivity index (χ0n) is 8.57. The van der Waals surface area contributed by atoms with E-state index in [1.807, 2.05) is 6.92 Å². The molecule has 0 amide bonds. The number of aromatic nitrogens is 2. The van der Waals surface area contributed by atoms with Gasteiger partial charge in [-0.15, -0.1) is 0 Å². The third kappa shape index (κ3) is 3.67. The number of aliphatic hydroxyl groups excluding tert-OH is 1. The Morgan fingerprint density at radius 3 is 3.07 bits per heavy atom. The molecule has 4 N–H and O–H groups in total. The molecule has 1 aromatic rings. The van der Waals surface area contributed by atoms with E-state index in [1.54, 1.807) is 0 Å². The summed E-state index contributed by atoms with van der Waals surface area (Å²) >= 11 is 0. The predicted octanol–water partition coefficient (Wildman–Crippen LogP) is 0.771. The number of hydrogen-bond donors (Lipinski definition) is 3. The van der Waals surface area contributed by atoms with E-state index in [1.165, 1.54) is 0 Å². The fraction of sp³-hybridized carbons (Fsp3) is 0.556. The van der Waals surface area contributed by atoms with Crippen LogP contribution in [0.5, 0.6) is 0 Å². The second kappa shape index (κ2) is 5.45. The van der Waals surface area contributed by atoms with Gasteiger partial charge in [0.15, 0.2) is 11.6 Å². The van der Waals surface area contributed by atoms with Gasteiger partial charge in [0.05, 0.1) is 6.20 Å². The lowest BCUT2D eigenvalue weighted by Crippen LogP contribution is -2.18. The van der Waals surface area contributed by atoms with Crippen molar-refractivity contribution in [1.29, 1.82) is 0 Å². The first kappa shape index (κ1) is 11.6. The monoisotopic (exact) mass is 214 g/mol. The van der Waals surface area contributed by atoms with E-state index in [4.69, 9.17) is 10.8 Å². The molecule has 1 aromatic heterocycles. The van der Waals surface area contributed by atoms with Crippen LogP contribution in [0.25, 0.3) is 0 Å². The van der Waals surface area contributed by atoms with Gasteiger partial charge < -0.3 is 16.2 Å². The summed E-state index contributed by atoms with van der Waals surface area (Å²) in [7, 11) is 0. The molecule has 0 aromatic carbocycles. The SMILES string of the molecule is CC(CCCO)Nc1nc(N)ncc1F. The summed E-state index contributed by atoms with van der Waals surface area (Å²) in [5.41, 5.74) is 5.33. The van der Waals surface area contributed by atoms with Crippen LogP contribution in [0.4, 0.5) is 16.2 Å². The first-order valence-electron chi connectivity index (χ1n) is 4.79. The Morgan fingerprint density at radius 2 is 2.40 bits per heavy atom. The number of nitrogens with zero attached hydrogens (tertiary/aromatic N) is 2. The van der Waals surface area contributed by atoms with Crippen LogP contribution in [0.2, 0.25) is 0 Å². The molecule has 0 fully saturated rings. The van der Waals surface area contributed by atoms with Crippen LogP contribution in [0, 0.1) is 5.82 Å². The minimum absolute atomic E-state index is 0.0287. The van der Waals surface area contributed by atoms with Gasteiger partial charge in [-0.2, -0.15) is 4.98 Å². The van der Waals surface area contributed by atoms with Crippen molar-refractivity contribution in [3.05, 3.63) is 12.0 Å². The van der Waals surface area contributed by atoms with Crippen molar-refractivity contribution in [2.24, 2.45) is 0 Å². The summed E-state index contributed by atoms with van der Waals surface area (Å²) in [6.45, 7) is 2.01. The molecule has 1 heterocycles. The molecular formula is C9H15FN4O. The van der Waals surface area contributed by atoms with Crippen LogP contribution >= 0.6 is 0 Å². The molecule has 0 saturated heterocycles. The Labute approximate surface area is 87.5 Å². The number of nitrogens with two attached hydrogens (primary N) is 1. The molecule has 84 valence electrons. The molecule has 15 heavy (non-hydrogen) atoms. The van der Waals surface area contributed by atoms with E-state index in [0.717, 1.165) is 12.6 Å². The summed E-state index contributed by atoms with van der Waals surface area (Å²) in [5, 5.41) is 11.5. The fourth-order valence-electron chi connectivity index (χ4n) is 1.19. The molecule has 0 bridgehead atoms. The van der Waals surface area contributed by atoms with Gasteiger partial charge in [0.1, 0.15) is 0 Å². The predicted molar refractivity (Wildman–Crippen MR) is 55.8 cm³/mol. The quantitative estimate of drug-likeness (QED) is 0.674. The molecule has 1 rings (SSSR count). The van der Waals surface area contributed by atoms with Gasteiger partial charge in [0, 0.05) is 12.6 Å². The standard InChI is InChI=1S/C9H15FN4O/c1-6(3-2-4-15)13-8-7(10)5-12-9(11)14-8/h5-6,15H,2-4H2,1H3,(H3,11,12,13,14). The minimum Gasteiger partial charge on any atom is -0.396 e. The number of rotatable bonds is 5. The van der Waals surface area contributed by atoms with E-state index in [2.05, 4.69) is 15.3 Å². The fourth-order valence-corrected chi connectivity index (χ4v) is 1.19. The lowest BCUT2D eigenvalue weighted by atomic mass is 10.2. The van der Waals surface area contributed by atoms with Crippen molar-refractivity contribution in [2.45, 2.75) is 25.8 Å². The Morgan fingerprint density at radius 1 is 1.67 bits per heavy atom. The number of aliphatic hydroxyl groups is 1. The Kier molecular flexibility index (Phi) is 4.23. The maximum absolute atomic E-state index is 13.2. The van der Waals surface area contributed by atoms with E-state index in [9.17, 15) is 4.39 Å². The lowest BCUT2D eigenvalue weighted by Gasteiger charge is -2.14. The highest BCUT2D eigenvalue weighted by Crippen LogP contribution is 2.12. The number of nitrogens with one attached hydrogen (secondary N) is 1. The average molecular weight is 214 g/mol. The van der Waals surface area contributed by atoms with Crippen LogP contribution in [0.3, 0.4) is 0 Å². The molecule has 0 saturated carbocycles. The van der Waals surface area contributed by atoms with Crippen molar-refractivity contribution in [3.63, 3.8) is 0 Å². The highest BCUT2D eigenvalue weighted by Gasteiger charge is 2.08. The van der Waals surface area contributed by atoms with E-state index >= 15 is 0 Å². The van der Waals surface area contributed by atoms with Gasteiger partial charge in [-0.1, -0.05) is 0 Å². The van der Waals surface area contributed by atoms with E-state index in [0.29, 0.717) is 6.42 Å². The number of hydrogen-bond acceptors (Lipinski definition) is 5. The van der Waals surface area contributed by atoms with Gasteiger partial charge in [0.25, 0.3) is 0 Å².